The van der Waals surface area contributed by atoms with Crippen molar-refractivity contribution in [2.24, 2.45) is 5.41 Å². The van der Waals surface area contributed by atoms with Gasteiger partial charge in [-0.05, 0) is 54.0 Å². The van der Waals surface area contributed by atoms with Gasteiger partial charge in [-0.3, -0.25) is 4.98 Å². The van der Waals surface area contributed by atoms with Crippen molar-refractivity contribution in [3.05, 3.63) is 66.1 Å². The first kappa shape index (κ1) is 19.4. The summed E-state index contributed by atoms with van der Waals surface area (Å²) in [5, 5.41) is 4.64. The lowest BCUT2D eigenvalue weighted by atomic mass is 9.73. The lowest BCUT2D eigenvalue weighted by Gasteiger charge is -2.32. The molecule has 5 aromatic heterocycles. The Bertz CT molecular complexity index is 1420. The number of fused-ring (bicyclic) bond motifs is 5. The predicted molar refractivity (Wildman–Crippen MR) is 128 cm³/mol. The summed E-state index contributed by atoms with van der Waals surface area (Å²) in [4.78, 5) is 19.8. The summed E-state index contributed by atoms with van der Waals surface area (Å²) < 4.78 is 6.43. The highest BCUT2D eigenvalue weighted by Crippen LogP contribution is 2.46. The second-order valence-electron chi connectivity index (χ2n) is 9.13. The van der Waals surface area contributed by atoms with Crippen LogP contribution in [0.3, 0.4) is 0 Å². The highest BCUT2D eigenvalue weighted by molar-refractivity contribution is 7.26. The van der Waals surface area contributed by atoms with Gasteiger partial charge in [-0.1, -0.05) is 19.9 Å². The van der Waals surface area contributed by atoms with E-state index in [9.17, 15) is 0 Å². The van der Waals surface area contributed by atoms with Gasteiger partial charge in [0, 0.05) is 17.1 Å². The molecule has 0 aliphatic heterocycles. The largest absolute Gasteiger partial charge is 0.472 e. The molecule has 0 radical (unpaired) electrons. The Morgan fingerprint density at radius 1 is 1.12 bits per heavy atom. The van der Waals surface area contributed by atoms with Gasteiger partial charge in [0.25, 0.3) is 0 Å². The molecule has 0 fully saturated rings. The van der Waals surface area contributed by atoms with Gasteiger partial charge >= 0.3 is 0 Å². The van der Waals surface area contributed by atoms with Gasteiger partial charge in [0.15, 0.2) is 0 Å². The van der Waals surface area contributed by atoms with Crippen LogP contribution < -0.4 is 5.32 Å². The zero-order valence-electron chi connectivity index (χ0n) is 18.1. The van der Waals surface area contributed by atoms with E-state index in [1.165, 1.54) is 16.5 Å². The first-order chi connectivity index (χ1) is 15.6. The number of aromatic nitrogens is 4. The van der Waals surface area contributed by atoms with E-state index in [1.807, 2.05) is 24.3 Å². The average Bonchev–Trinajstić information content (AvgIpc) is 3.45. The van der Waals surface area contributed by atoms with Crippen LogP contribution >= 0.6 is 11.3 Å². The highest BCUT2D eigenvalue weighted by atomic mass is 32.1. The fourth-order valence-corrected chi connectivity index (χ4v) is 5.77. The molecule has 7 heteroatoms. The van der Waals surface area contributed by atoms with Gasteiger partial charge in [-0.2, -0.15) is 0 Å². The van der Waals surface area contributed by atoms with Crippen LogP contribution in [-0.2, 0) is 19.4 Å². The Morgan fingerprint density at radius 2 is 2.06 bits per heavy atom. The van der Waals surface area contributed by atoms with Crippen LogP contribution in [0.1, 0.15) is 37.1 Å². The van der Waals surface area contributed by atoms with Crippen molar-refractivity contribution in [3.63, 3.8) is 0 Å². The molecular formula is C25H23N5OS. The molecule has 5 heterocycles. The fraction of sp³-hybridized carbons (Fsp3) is 0.280. The monoisotopic (exact) mass is 441 g/mol. The van der Waals surface area contributed by atoms with E-state index in [0.717, 1.165) is 57.1 Å². The maximum absolute atomic E-state index is 5.39. The van der Waals surface area contributed by atoms with Gasteiger partial charge in [-0.15, -0.1) is 11.3 Å². The first-order valence-corrected chi connectivity index (χ1v) is 11.7. The number of hydrogen-bond donors (Lipinski definition) is 1. The van der Waals surface area contributed by atoms with Crippen molar-refractivity contribution in [1.29, 1.82) is 0 Å². The molecule has 32 heavy (non-hydrogen) atoms. The number of hydrogen-bond acceptors (Lipinski definition) is 7. The van der Waals surface area contributed by atoms with E-state index in [-0.39, 0.29) is 5.41 Å². The number of pyridine rings is 2. The molecular weight excluding hydrogens is 418 g/mol. The molecule has 0 aromatic carbocycles. The van der Waals surface area contributed by atoms with E-state index in [4.69, 9.17) is 14.4 Å². The van der Waals surface area contributed by atoms with Gasteiger partial charge in [0.1, 0.15) is 17.0 Å². The van der Waals surface area contributed by atoms with E-state index in [1.54, 1.807) is 36.4 Å². The summed E-state index contributed by atoms with van der Waals surface area (Å²) in [5.41, 5.74) is 7.00. The van der Waals surface area contributed by atoms with Crippen LogP contribution in [0.5, 0.6) is 0 Å². The summed E-state index contributed by atoms with van der Waals surface area (Å²) in [5.74, 6) is 0.831. The standard InChI is InChI=1S/C25H23N5OS/c1-25(2)8-6-17-18(11-25)19-21-22(32-24(19)30-20(17)15-7-10-31-13-15)23(29-14-28-21)27-12-16-5-3-4-9-26-16/h3-5,7,9-10,13-14H,6,8,11-12H2,1-2H3,(H,27,28,29). The summed E-state index contributed by atoms with van der Waals surface area (Å²) in [6.45, 7) is 5.31. The van der Waals surface area contributed by atoms with E-state index in [0.29, 0.717) is 6.54 Å². The van der Waals surface area contributed by atoms with Gasteiger partial charge in [0.2, 0.25) is 0 Å². The van der Waals surface area contributed by atoms with Gasteiger partial charge < -0.3 is 9.73 Å². The molecule has 0 bridgehead atoms. The third-order valence-electron chi connectivity index (χ3n) is 6.28. The maximum Gasteiger partial charge on any atom is 0.147 e. The molecule has 0 atom stereocenters. The van der Waals surface area contributed by atoms with Crippen LogP contribution in [-0.4, -0.2) is 19.9 Å². The number of anilines is 1. The molecule has 160 valence electrons. The predicted octanol–water partition coefficient (Wildman–Crippen LogP) is 6.02. The lowest BCUT2D eigenvalue weighted by molar-refractivity contribution is 0.317. The SMILES string of the molecule is CC1(C)CCc2c(-c3ccoc3)nc3sc4c(NCc5ccccn5)ncnc4c3c2C1. The van der Waals surface area contributed by atoms with Crippen molar-refractivity contribution in [2.45, 2.75) is 39.7 Å². The molecule has 6 nitrogen and oxygen atoms in total. The molecule has 0 unspecified atom stereocenters. The topological polar surface area (TPSA) is 76.7 Å². The molecule has 6 rings (SSSR count). The van der Waals surface area contributed by atoms with Crippen LogP contribution in [0.2, 0.25) is 0 Å². The number of furan rings is 1. The Morgan fingerprint density at radius 3 is 2.88 bits per heavy atom. The summed E-state index contributed by atoms with van der Waals surface area (Å²) in [6.07, 6.45) is 10.1. The van der Waals surface area contributed by atoms with Crippen molar-refractivity contribution < 1.29 is 4.42 Å². The Kier molecular flexibility index (Phi) is 4.47. The molecule has 0 spiro atoms. The number of thiophene rings is 1. The minimum Gasteiger partial charge on any atom is -0.472 e. The van der Waals surface area contributed by atoms with Crippen molar-refractivity contribution >= 4 is 37.6 Å². The van der Waals surface area contributed by atoms with E-state index >= 15 is 0 Å². The Hall–Kier alpha value is -3.32. The lowest BCUT2D eigenvalue weighted by Crippen LogP contribution is -2.23. The molecule has 1 N–H and O–H groups in total. The summed E-state index contributed by atoms with van der Waals surface area (Å²) in [6, 6.07) is 7.93. The van der Waals surface area contributed by atoms with Crippen LogP contribution in [0.4, 0.5) is 5.82 Å². The Balaban J connectivity index is 1.54. The highest BCUT2D eigenvalue weighted by Gasteiger charge is 2.31. The van der Waals surface area contributed by atoms with Crippen LogP contribution in [0.15, 0.2) is 53.7 Å². The molecule has 1 aliphatic rings. The molecule has 0 amide bonds. The third-order valence-corrected chi connectivity index (χ3v) is 7.36. The van der Waals surface area contributed by atoms with Crippen LogP contribution in [0, 0.1) is 5.41 Å². The summed E-state index contributed by atoms with van der Waals surface area (Å²) in [7, 11) is 0. The number of nitrogens with one attached hydrogen (secondary N) is 1. The third kappa shape index (κ3) is 3.24. The summed E-state index contributed by atoms with van der Waals surface area (Å²) >= 11 is 1.66. The molecule has 1 aliphatic carbocycles. The van der Waals surface area contributed by atoms with E-state index < -0.39 is 0 Å². The number of nitrogens with zero attached hydrogens (tertiary/aromatic N) is 4. The smallest absolute Gasteiger partial charge is 0.147 e. The van der Waals surface area contributed by atoms with Crippen molar-refractivity contribution in [3.8, 4) is 11.3 Å². The molecule has 0 saturated carbocycles. The molecule has 0 saturated heterocycles. The van der Waals surface area contributed by atoms with Gasteiger partial charge in [0.05, 0.1) is 40.7 Å². The van der Waals surface area contributed by atoms with Gasteiger partial charge in [-0.25, -0.2) is 15.0 Å². The normalized spacial score (nSPS) is 15.2. The zero-order valence-corrected chi connectivity index (χ0v) is 18.9. The quantitative estimate of drug-likeness (QED) is 0.367. The van der Waals surface area contributed by atoms with Crippen molar-refractivity contribution in [2.75, 3.05) is 5.32 Å². The molecule has 5 aromatic rings. The second-order valence-corrected chi connectivity index (χ2v) is 10.1. The van der Waals surface area contributed by atoms with Crippen molar-refractivity contribution in [1.82, 2.24) is 19.9 Å². The number of rotatable bonds is 4. The average molecular weight is 442 g/mol. The zero-order chi connectivity index (χ0) is 21.7. The van der Waals surface area contributed by atoms with E-state index in [2.05, 4.69) is 29.1 Å². The Labute approximate surface area is 189 Å². The minimum absolute atomic E-state index is 0.246. The maximum atomic E-state index is 5.39. The minimum atomic E-state index is 0.246. The fourth-order valence-electron chi connectivity index (χ4n) is 4.65. The van der Waals surface area contributed by atoms with Crippen LogP contribution in [0.25, 0.3) is 31.7 Å². The first-order valence-electron chi connectivity index (χ1n) is 10.8. The second kappa shape index (κ2) is 7.38.